The van der Waals surface area contributed by atoms with Crippen LogP contribution < -0.4 is 5.32 Å². The summed E-state index contributed by atoms with van der Waals surface area (Å²) in [6, 6.07) is 9.02. The van der Waals surface area contributed by atoms with Gasteiger partial charge < -0.3 is 5.32 Å². The van der Waals surface area contributed by atoms with Gasteiger partial charge in [0.2, 0.25) is 0 Å². The zero-order chi connectivity index (χ0) is 12.5. The number of halogens is 1. The van der Waals surface area contributed by atoms with Crippen molar-refractivity contribution < 1.29 is 0 Å². The second kappa shape index (κ2) is 8.54. The number of rotatable bonds is 8. The minimum atomic E-state index is 0.734. The smallest absolute Gasteiger partial charge is 0.0235 e. The molecule has 0 radical (unpaired) electrons. The van der Waals surface area contributed by atoms with E-state index in [-0.39, 0.29) is 0 Å². The first kappa shape index (κ1) is 14.5. The van der Waals surface area contributed by atoms with Gasteiger partial charge >= 0.3 is 0 Å². The van der Waals surface area contributed by atoms with Crippen molar-refractivity contribution in [2.24, 2.45) is 5.92 Å². The molecule has 0 amide bonds. The Hall–Kier alpha value is -0.530. The molecule has 0 aliphatic rings. The predicted molar refractivity (Wildman–Crippen MR) is 76.9 cm³/mol. The fourth-order valence-corrected chi connectivity index (χ4v) is 2.00. The molecule has 0 heterocycles. The second-order valence-electron chi connectivity index (χ2n) is 4.96. The maximum Gasteiger partial charge on any atom is 0.0235 e. The second-order valence-corrected chi connectivity index (χ2v) is 5.33. The van der Waals surface area contributed by atoms with Gasteiger partial charge in [0.15, 0.2) is 0 Å². The van der Waals surface area contributed by atoms with Crippen LogP contribution in [0.5, 0.6) is 0 Å². The molecule has 0 aliphatic heterocycles. The Morgan fingerprint density at radius 3 is 2.29 bits per heavy atom. The third kappa shape index (κ3) is 6.70. The van der Waals surface area contributed by atoms with E-state index in [1.165, 1.54) is 17.5 Å². The van der Waals surface area contributed by atoms with E-state index in [4.69, 9.17) is 11.6 Å². The van der Waals surface area contributed by atoms with Crippen molar-refractivity contribution in [1.82, 2.24) is 5.32 Å². The fraction of sp³-hybridized carbons (Fsp3) is 0.600. The van der Waals surface area contributed by atoms with Crippen LogP contribution in [0.2, 0.25) is 0 Å². The van der Waals surface area contributed by atoms with Gasteiger partial charge in [0.25, 0.3) is 0 Å². The molecule has 0 aromatic heterocycles. The van der Waals surface area contributed by atoms with Crippen LogP contribution in [0.4, 0.5) is 0 Å². The maximum absolute atomic E-state index is 5.62. The highest BCUT2D eigenvalue weighted by Gasteiger charge is 1.98. The summed E-state index contributed by atoms with van der Waals surface area (Å²) >= 11 is 5.62. The van der Waals surface area contributed by atoms with E-state index in [0.717, 1.165) is 37.7 Å². The Kier molecular flexibility index (Phi) is 7.30. The first-order chi connectivity index (χ1) is 8.22. The van der Waals surface area contributed by atoms with Crippen LogP contribution in [0.1, 0.15) is 31.4 Å². The lowest BCUT2D eigenvalue weighted by Crippen LogP contribution is -2.18. The lowest BCUT2D eigenvalue weighted by Gasteiger charge is -2.07. The van der Waals surface area contributed by atoms with Gasteiger partial charge in [-0.15, -0.1) is 11.6 Å². The van der Waals surface area contributed by atoms with Crippen molar-refractivity contribution in [2.75, 3.05) is 19.0 Å². The number of nitrogens with one attached hydrogen (secondary N) is 1. The summed E-state index contributed by atoms with van der Waals surface area (Å²) in [6.45, 7) is 6.58. The van der Waals surface area contributed by atoms with E-state index >= 15 is 0 Å². The summed E-state index contributed by atoms with van der Waals surface area (Å²) in [5, 5.41) is 3.40. The van der Waals surface area contributed by atoms with E-state index in [1.807, 2.05) is 0 Å². The zero-order valence-electron chi connectivity index (χ0n) is 11.0. The molecule has 0 aliphatic carbocycles. The number of hydrogen-bond acceptors (Lipinski definition) is 1. The third-order valence-electron chi connectivity index (χ3n) is 2.74. The summed E-state index contributed by atoms with van der Waals surface area (Å²) in [7, 11) is 0. The van der Waals surface area contributed by atoms with Crippen molar-refractivity contribution >= 4 is 11.6 Å². The molecule has 1 aromatic rings. The summed E-state index contributed by atoms with van der Waals surface area (Å²) in [4.78, 5) is 0. The van der Waals surface area contributed by atoms with Crippen molar-refractivity contribution in [2.45, 2.75) is 33.1 Å². The molecular formula is C15H24ClN. The van der Waals surface area contributed by atoms with Crippen molar-refractivity contribution in [3.63, 3.8) is 0 Å². The van der Waals surface area contributed by atoms with Crippen LogP contribution in [0.3, 0.4) is 0 Å². The monoisotopic (exact) mass is 253 g/mol. The standard InChI is InChI=1S/C15H24ClN/c1-13(2)12-15-6-4-14(5-7-15)8-11-17-10-3-9-16/h4-7,13,17H,3,8-12H2,1-2H3. The van der Waals surface area contributed by atoms with Gasteiger partial charge in [-0.1, -0.05) is 38.1 Å². The Balaban J connectivity index is 2.25. The van der Waals surface area contributed by atoms with E-state index in [9.17, 15) is 0 Å². The summed E-state index contributed by atoms with van der Waals surface area (Å²) < 4.78 is 0. The lowest BCUT2D eigenvalue weighted by molar-refractivity contribution is 0.646. The van der Waals surface area contributed by atoms with E-state index in [1.54, 1.807) is 0 Å². The minimum Gasteiger partial charge on any atom is -0.316 e. The Morgan fingerprint density at radius 2 is 1.71 bits per heavy atom. The lowest BCUT2D eigenvalue weighted by atomic mass is 10.0. The number of hydrogen-bond donors (Lipinski definition) is 1. The van der Waals surface area contributed by atoms with Crippen LogP contribution in [0, 0.1) is 5.92 Å². The number of benzene rings is 1. The van der Waals surface area contributed by atoms with Crippen molar-refractivity contribution in [1.29, 1.82) is 0 Å². The van der Waals surface area contributed by atoms with Gasteiger partial charge in [-0.05, 0) is 49.4 Å². The van der Waals surface area contributed by atoms with Crippen LogP contribution in [0.15, 0.2) is 24.3 Å². The highest BCUT2D eigenvalue weighted by atomic mass is 35.5. The van der Waals surface area contributed by atoms with Crippen LogP contribution in [-0.2, 0) is 12.8 Å². The molecule has 0 saturated carbocycles. The highest BCUT2D eigenvalue weighted by Crippen LogP contribution is 2.09. The van der Waals surface area contributed by atoms with Gasteiger partial charge in [-0.2, -0.15) is 0 Å². The van der Waals surface area contributed by atoms with Crippen LogP contribution >= 0.6 is 11.6 Å². The average molecular weight is 254 g/mol. The molecule has 17 heavy (non-hydrogen) atoms. The minimum absolute atomic E-state index is 0.734. The molecule has 0 unspecified atom stereocenters. The maximum atomic E-state index is 5.62. The molecule has 0 spiro atoms. The van der Waals surface area contributed by atoms with Gasteiger partial charge in [0, 0.05) is 5.88 Å². The largest absolute Gasteiger partial charge is 0.316 e. The molecule has 1 rings (SSSR count). The molecule has 0 fully saturated rings. The molecule has 0 saturated heterocycles. The van der Waals surface area contributed by atoms with Gasteiger partial charge in [0.05, 0.1) is 0 Å². The predicted octanol–water partition coefficient (Wildman–Crippen LogP) is 3.65. The quantitative estimate of drug-likeness (QED) is 0.551. The van der Waals surface area contributed by atoms with Crippen LogP contribution in [0.25, 0.3) is 0 Å². The first-order valence-corrected chi connectivity index (χ1v) is 7.10. The topological polar surface area (TPSA) is 12.0 Å². The number of alkyl halides is 1. The van der Waals surface area contributed by atoms with Crippen LogP contribution in [-0.4, -0.2) is 19.0 Å². The fourth-order valence-electron chi connectivity index (χ4n) is 1.86. The molecule has 0 atom stereocenters. The van der Waals surface area contributed by atoms with Crippen molar-refractivity contribution in [3.05, 3.63) is 35.4 Å². The average Bonchev–Trinajstić information content (AvgIpc) is 2.30. The van der Waals surface area contributed by atoms with E-state index in [0.29, 0.717) is 0 Å². The molecule has 1 nitrogen and oxygen atoms in total. The zero-order valence-corrected chi connectivity index (χ0v) is 11.8. The van der Waals surface area contributed by atoms with Crippen molar-refractivity contribution in [3.8, 4) is 0 Å². The summed E-state index contributed by atoms with van der Waals surface area (Å²) in [5.41, 5.74) is 2.86. The first-order valence-electron chi connectivity index (χ1n) is 6.57. The Bertz CT molecular complexity index is 292. The van der Waals surface area contributed by atoms with Gasteiger partial charge in [-0.25, -0.2) is 0 Å². The highest BCUT2D eigenvalue weighted by molar-refractivity contribution is 6.17. The summed E-state index contributed by atoms with van der Waals surface area (Å²) in [5.74, 6) is 1.48. The Morgan fingerprint density at radius 1 is 1.06 bits per heavy atom. The SMILES string of the molecule is CC(C)Cc1ccc(CCNCCCCl)cc1. The molecule has 0 bridgehead atoms. The van der Waals surface area contributed by atoms with Gasteiger partial charge in [-0.3, -0.25) is 0 Å². The molecular weight excluding hydrogens is 230 g/mol. The molecule has 1 aromatic carbocycles. The Labute approximate surface area is 111 Å². The molecule has 2 heteroatoms. The third-order valence-corrected chi connectivity index (χ3v) is 3.01. The van der Waals surface area contributed by atoms with E-state index < -0.39 is 0 Å². The molecule has 96 valence electrons. The summed E-state index contributed by atoms with van der Waals surface area (Å²) in [6.07, 6.45) is 3.33. The normalized spacial score (nSPS) is 11.1. The molecule has 1 N–H and O–H groups in total. The van der Waals surface area contributed by atoms with E-state index in [2.05, 4.69) is 43.4 Å². The van der Waals surface area contributed by atoms with Gasteiger partial charge in [0.1, 0.15) is 0 Å².